The van der Waals surface area contributed by atoms with Gasteiger partial charge in [-0.05, 0) is 37.1 Å². The Bertz CT molecular complexity index is 1220. The predicted octanol–water partition coefficient (Wildman–Crippen LogP) is 4.41. The van der Waals surface area contributed by atoms with Crippen LogP contribution in [0.1, 0.15) is 28.1 Å². The standard InChI is InChI=1S/C24H23FN2O5S/c1-30-12-16-21-17(25)3-2-4-20(21)33-22(16)24(29)27-9-7-14(8-10-27)23(28)26-15-5-6-18-19(11-15)32-13-31-18/h2-6,11,14H,7-10,12-13H2,1H3,(H,26,28). The molecule has 172 valence electrons. The molecule has 2 aliphatic heterocycles. The molecule has 0 radical (unpaired) electrons. The molecule has 9 heteroatoms. The second kappa shape index (κ2) is 8.99. The summed E-state index contributed by atoms with van der Waals surface area (Å²) < 4.78 is 31.1. The molecular weight excluding hydrogens is 447 g/mol. The maximum absolute atomic E-state index is 14.4. The molecule has 1 fully saturated rings. The highest BCUT2D eigenvalue weighted by Crippen LogP contribution is 2.36. The van der Waals surface area contributed by atoms with Crippen LogP contribution in [0.15, 0.2) is 36.4 Å². The normalized spacial score (nSPS) is 15.8. The smallest absolute Gasteiger partial charge is 0.264 e. The van der Waals surface area contributed by atoms with Crippen molar-refractivity contribution in [1.29, 1.82) is 0 Å². The van der Waals surface area contributed by atoms with Crippen LogP contribution < -0.4 is 14.8 Å². The molecule has 7 nitrogen and oxygen atoms in total. The fourth-order valence-electron chi connectivity index (χ4n) is 4.33. The third-order valence-corrected chi connectivity index (χ3v) is 7.22. The molecule has 1 saturated heterocycles. The van der Waals surface area contributed by atoms with E-state index in [2.05, 4.69) is 5.32 Å². The molecule has 3 aromatic rings. The predicted molar refractivity (Wildman–Crippen MR) is 122 cm³/mol. The molecule has 0 unspecified atom stereocenters. The van der Waals surface area contributed by atoms with E-state index in [1.165, 1.54) is 24.5 Å². The van der Waals surface area contributed by atoms with E-state index in [1.54, 1.807) is 29.2 Å². The number of carbonyl (C=O) groups excluding carboxylic acids is 2. The highest BCUT2D eigenvalue weighted by atomic mass is 32.1. The summed E-state index contributed by atoms with van der Waals surface area (Å²) in [5.74, 6) is 0.502. The zero-order chi connectivity index (χ0) is 22.9. The first-order chi connectivity index (χ1) is 16.0. The van der Waals surface area contributed by atoms with E-state index in [9.17, 15) is 14.0 Å². The fraction of sp³-hybridized carbons (Fsp3) is 0.333. The van der Waals surface area contributed by atoms with Crippen LogP contribution in [0, 0.1) is 11.7 Å². The molecule has 5 rings (SSSR count). The Hall–Kier alpha value is -3.17. The van der Waals surface area contributed by atoms with Crippen LogP contribution in [0.2, 0.25) is 0 Å². The monoisotopic (exact) mass is 470 g/mol. The lowest BCUT2D eigenvalue weighted by Gasteiger charge is -2.31. The Balaban J connectivity index is 1.25. The van der Waals surface area contributed by atoms with Gasteiger partial charge in [-0.1, -0.05) is 6.07 Å². The van der Waals surface area contributed by atoms with Crippen molar-refractivity contribution in [2.24, 2.45) is 5.92 Å². The number of rotatable bonds is 5. The van der Waals surface area contributed by atoms with Gasteiger partial charge in [0.15, 0.2) is 11.5 Å². The van der Waals surface area contributed by atoms with Crippen molar-refractivity contribution >= 4 is 38.9 Å². The molecular formula is C24H23FN2O5S. The van der Waals surface area contributed by atoms with Gasteiger partial charge in [0, 0.05) is 53.5 Å². The van der Waals surface area contributed by atoms with Crippen molar-refractivity contribution in [3.63, 3.8) is 0 Å². The van der Waals surface area contributed by atoms with Crippen molar-refractivity contribution in [3.05, 3.63) is 52.7 Å². The lowest BCUT2D eigenvalue weighted by molar-refractivity contribution is -0.121. The van der Waals surface area contributed by atoms with E-state index in [0.29, 0.717) is 58.9 Å². The molecule has 0 aliphatic carbocycles. The van der Waals surface area contributed by atoms with Crippen molar-refractivity contribution in [3.8, 4) is 11.5 Å². The number of nitrogens with zero attached hydrogens (tertiary/aromatic N) is 1. The van der Waals surface area contributed by atoms with Crippen LogP contribution in [-0.4, -0.2) is 43.7 Å². The van der Waals surface area contributed by atoms with Gasteiger partial charge >= 0.3 is 0 Å². The van der Waals surface area contributed by atoms with Crippen LogP contribution in [0.4, 0.5) is 10.1 Å². The number of ether oxygens (including phenoxy) is 3. The highest BCUT2D eigenvalue weighted by Gasteiger charge is 2.31. The first-order valence-corrected chi connectivity index (χ1v) is 11.6. The molecule has 2 aromatic carbocycles. The van der Waals surface area contributed by atoms with E-state index in [-0.39, 0.29) is 36.9 Å². The number of hydrogen-bond acceptors (Lipinski definition) is 6. The van der Waals surface area contributed by atoms with Crippen LogP contribution in [-0.2, 0) is 16.1 Å². The minimum absolute atomic E-state index is 0.0787. The summed E-state index contributed by atoms with van der Waals surface area (Å²) in [7, 11) is 1.53. The summed E-state index contributed by atoms with van der Waals surface area (Å²) in [5.41, 5.74) is 1.24. The number of thiophene rings is 1. The minimum Gasteiger partial charge on any atom is -0.454 e. The minimum atomic E-state index is -0.353. The van der Waals surface area contributed by atoms with Gasteiger partial charge in [-0.2, -0.15) is 0 Å². The highest BCUT2D eigenvalue weighted by molar-refractivity contribution is 7.21. The maximum Gasteiger partial charge on any atom is 0.264 e. The molecule has 0 saturated carbocycles. The number of carbonyl (C=O) groups is 2. The third-order valence-electron chi connectivity index (χ3n) is 6.04. The molecule has 3 heterocycles. The largest absolute Gasteiger partial charge is 0.454 e. The average Bonchev–Trinajstić information content (AvgIpc) is 3.44. The number of benzene rings is 2. The first kappa shape index (κ1) is 21.7. The molecule has 1 aromatic heterocycles. The number of likely N-dealkylation sites (tertiary alicyclic amines) is 1. The van der Waals surface area contributed by atoms with Crippen LogP contribution in [0.25, 0.3) is 10.1 Å². The quantitative estimate of drug-likeness (QED) is 0.598. The zero-order valence-electron chi connectivity index (χ0n) is 18.1. The third kappa shape index (κ3) is 4.14. The molecule has 0 bridgehead atoms. The summed E-state index contributed by atoms with van der Waals surface area (Å²) in [4.78, 5) is 28.3. The van der Waals surface area contributed by atoms with Gasteiger partial charge < -0.3 is 24.4 Å². The van der Waals surface area contributed by atoms with Crippen molar-refractivity contribution in [2.45, 2.75) is 19.4 Å². The second-order valence-electron chi connectivity index (χ2n) is 8.08. The zero-order valence-corrected chi connectivity index (χ0v) is 18.9. The Morgan fingerprint density at radius 3 is 2.76 bits per heavy atom. The number of methoxy groups -OCH3 is 1. The summed E-state index contributed by atoms with van der Waals surface area (Å²) in [6.45, 7) is 1.26. The van der Waals surface area contributed by atoms with E-state index in [0.717, 1.165) is 4.70 Å². The van der Waals surface area contributed by atoms with E-state index in [1.807, 2.05) is 6.07 Å². The number of fused-ring (bicyclic) bond motifs is 2. The molecule has 0 spiro atoms. The van der Waals surface area contributed by atoms with Crippen molar-refractivity contribution < 1.29 is 28.2 Å². The number of nitrogens with one attached hydrogen (secondary N) is 1. The number of halogens is 1. The fourth-order valence-corrected chi connectivity index (χ4v) is 5.52. The topological polar surface area (TPSA) is 77.1 Å². The number of piperidine rings is 1. The number of hydrogen-bond donors (Lipinski definition) is 1. The van der Waals surface area contributed by atoms with Crippen molar-refractivity contribution in [1.82, 2.24) is 4.90 Å². The van der Waals surface area contributed by atoms with Crippen LogP contribution in [0.5, 0.6) is 11.5 Å². The Morgan fingerprint density at radius 2 is 1.97 bits per heavy atom. The van der Waals surface area contributed by atoms with Gasteiger partial charge in [0.25, 0.3) is 5.91 Å². The summed E-state index contributed by atoms with van der Waals surface area (Å²) in [5, 5.41) is 3.38. The Morgan fingerprint density at radius 1 is 1.18 bits per heavy atom. The molecule has 0 atom stereocenters. The summed E-state index contributed by atoms with van der Waals surface area (Å²) in [6.07, 6.45) is 1.11. The van der Waals surface area contributed by atoms with Gasteiger partial charge in [-0.25, -0.2) is 4.39 Å². The van der Waals surface area contributed by atoms with E-state index < -0.39 is 0 Å². The van der Waals surface area contributed by atoms with Crippen LogP contribution >= 0.6 is 11.3 Å². The molecule has 2 amide bonds. The first-order valence-electron chi connectivity index (χ1n) is 10.7. The van der Waals surface area contributed by atoms with E-state index >= 15 is 0 Å². The number of amides is 2. The molecule has 1 N–H and O–H groups in total. The van der Waals surface area contributed by atoms with Crippen LogP contribution in [0.3, 0.4) is 0 Å². The van der Waals surface area contributed by atoms with Crippen molar-refractivity contribution in [2.75, 3.05) is 32.3 Å². The van der Waals surface area contributed by atoms with Gasteiger partial charge in [-0.15, -0.1) is 11.3 Å². The number of anilines is 1. The Kier molecular flexibility index (Phi) is 5.90. The Labute approximate surface area is 194 Å². The molecule has 2 aliphatic rings. The summed E-state index contributed by atoms with van der Waals surface area (Å²) in [6, 6.07) is 10.1. The van der Waals surface area contributed by atoms with Gasteiger partial charge in [0.2, 0.25) is 12.7 Å². The van der Waals surface area contributed by atoms with E-state index in [4.69, 9.17) is 14.2 Å². The van der Waals surface area contributed by atoms with Gasteiger partial charge in [0.05, 0.1) is 11.5 Å². The second-order valence-corrected chi connectivity index (χ2v) is 9.13. The average molecular weight is 471 g/mol. The van der Waals surface area contributed by atoms with Gasteiger partial charge in [-0.3, -0.25) is 9.59 Å². The maximum atomic E-state index is 14.4. The summed E-state index contributed by atoms with van der Waals surface area (Å²) >= 11 is 1.29. The lowest BCUT2D eigenvalue weighted by atomic mass is 9.95. The molecule has 33 heavy (non-hydrogen) atoms. The lowest BCUT2D eigenvalue weighted by Crippen LogP contribution is -2.41. The SMILES string of the molecule is COCc1c(C(=O)N2CCC(C(=O)Nc3ccc4c(c3)OCO4)CC2)sc2cccc(F)c12. The van der Waals surface area contributed by atoms with Gasteiger partial charge in [0.1, 0.15) is 5.82 Å².